The summed E-state index contributed by atoms with van der Waals surface area (Å²) in [5, 5.41) is 0. The van der Waals surface area contributed by atoms with Gasteiger partial charge in [0.05, 0.1) is 0 Å². The number of rotatable bonds is 6. The van der Waals surface area contributed by atoms with Gasteiger partial charge in [0.25, 0.3) is 0 Å². The van der Waals surface area contributed by atoms with Gasteiger partial charge in [-0.15, -0.1) is 0 Å². The smallest absolute Gasteiger partial charge is 0.246 e. The number of hydrogen-bond donors (Lipinski definition) is 2. The van der Waals surface area contributed by atoms with Crippen LogP contribution in [0.3, 0.4) is 0 Å². The molecule has 0 amide bonds. The zero-order valence-corrected chi connectivity index (χ0v) is 12.2. The van der Waals surface area contributed by atoms with Crippen molar-refractivity contribution in [1.29, 1.82) is 0 Å². The van der Waals surface area contributed by atoms with Gasteiger partial charge in [0.2, 0.25) is 10.0 Å². The molecular weight excluding hydrogens is 294 g/mol. The van der Waals surface area contributed by atoms with E-state index < -0.39 is 26.6 Å². The lowest BCUT2D eigenvalue weighted by Gasteiger charge is -2.16. The van der Waals surface area contributed by atoms with Crippen LogP contribution >= 0.6 is 11.8 Å². The Bertz CT molecular complexity index is 527. The first-order chi connectivity index (χ1) is 8.81. The maximum absolute atomic E-state index is 13.6. The van der Waals surface area contributed by atoms with Gasteiger partial charge in [-0.05, 0) is 24.8 Å². The van der Waals surface area contributed by atoms with Gasteiger partial charge < -0.3 is 5.73 Å². The summed E-state index contributed by atoms with van der Waals surface area (Å²) in [6.07, 6.45) is 2.35. The highest BCUT2D eigenvalue weighted by Gasteiger charge is 2.26. The Balaban J connectivity index is 3.14. The minimum absolute atomic E-state index is 0.162. The molecule has 1 unspecified atom stereocenters. The van der Waals surface area contributed by atoms with Crippen molar-refractivity contribution in [1.82, 2.24) is 4.72 Å². The van der Waals surface area contributed by atoms with Crippen LogP contribution in [-0.2, 0) is 10.0 Å². The van der Waals surface area contributed by atoms with E-state index in [1.165, 1.54) is 11.8 Å². The van der Waals surface area contributed by atoms with Crippen molar-refractivity contribution < 1.29 is 17.2 Å². The highest BCUT2D eigenvalue weighted by atomic mass is 32.2. The fourth-order valence-electron chi connectivity index (χ4n) is 1.55. The number of nitrogens with one attached hydrogen (secondary N) is 1. The molecule has 0 bridgehead atoms. The molecule has 0 aliphatic carbocycles. The first-order valence-electron chi connectivity index (χ1n) is 5.57. The Morgan fingerprint density at radius 3 is 2.32 bits per heavy atom. The maximum Gasteiger partial charge on any atom is 0.246 e. The summed E-state index contributed by atoms with van der Waals surface area (Å²) in [6, 6.07) is 1.19. The number of thioether (sulfide) groups is 1. The third-order valence-electron chi connectivity index (χ3n) is 2.47. The van der Waals surface area contributed by atoms with Gasteiger partial charge in [-0.1, -0.05) is 6.92 Å². The lowest BCUT2D eigenvalue weighted by molar-refractivity contribution is 0.507. The van der Waals surface area contributed by atoms with Gasteiger partial charge in [0.15, 0.2) is 4.90 Å². The first-order valence-corrected chi connectivity index (χ1v) is 8.45. The average molecular weight is 310 g/mol. The highest BCUT2D eigenvalue weighted by Crippen LogP contribution is 2.22. The molecule has 19 heavy (non-hydrogen) atoms. The van der Waals surface area contributed by atoms with Gasteiger partial charge in [-0.2, -0.15) is 11.8 Å². The lowest BCUT2D eigenvalue weighted by atomic mass is 10.3. The van der Waals surface area contributed by atoms with E-state index in [0.29, 0.717) is 12.2 Å². The van der Waals surface area contributed by atoms with Crippen LogP contribution in [-0.4, -0.2) is 26.5 Å². The Hall–Kier alpha value is -0.860. The Morgan fingerprint density at radius 2 is 1.89 bits per heavy atom. The quantitative estimate of drug-likeness (QED) is 0.788. The summed E-state index contributed by atoms with van der Waals surface area (Å²) in [6.45, 7) is 1.79. The number of anilines is 1. The fourth-order valence-corrected chi connectivity index (χ4v) is 3.82. The highest BCUT2D eigenvalue weighted by molar-refractivity contribution is 7.98. The second kappa shape index (κ2) is 6.53. The lowest BCUT2D eigenvalue weighted by Crippen LogP contribution is -2.37. The van der Waals surface area contributed by atoms with Crippen LogP contribution in [0.4, 0.5) is 14.5 Å². The third kappa shape index (κ3) is 4.05. The predicted octanol–water partition coefficient (Wildman–Crippen LogP) is 1.97. The van der Waals surface area contributed by atoms with Crippen molar-refractivity contribution in [3.05, 3.63) is 23.8 Å². The van der Waals surface area contributed by atoms with Crippen molar-refractivity contribution in [2.75, 3.05) is 17.7 Å². The molecule has 1 atom stereocenters. The monoisotopic (exact) mass is 310 g/mol. The molecule has 3 N–H and O–H groups in total. The molecule has 0 aliphatic rings. The molecule has 1 aromatic carbocycles. The zero-order chi connectivity index (χ0) is 14.6. The summed E-state index contributed by atoms with van der Waals surface area (Å²) >= 11 is 1.45. The van der Waals surface area contributed by atoms with Gasteiger partial charge in [-0.3, -0.25) is 0 Å². The molecule has 4 nitrogen and oxygen atoms in total. The average Bonchev–Trinajstić information content (AvgIpc) is 2.25. The maximum atomic E-state index is 13.6. The third-order valence-corrected chi connectivity index (χ3v) is 4.78. The number of nitrogen functional groups attached to an aromatic ring is 1. The van der Waals surface area contributed by atoms with Crippen molar-refractivity contribution in [3.8, 4) is 0 Å². The van der Waals surface area contributed by atoms with Crippen LogP contribution in [0.5, 0.6) is 0 Å². The number of nitrogens with two attached hydrogens (primary N) is 1. The number of benzene rings is 1. The summed E-state index contributed by atoms with van der Waals surface area (Å²) < 4.78 is 53.5. The molecule has 1 rings (SSSR count). The molecular formula is C11H16F2N2O2S2. The minimum atomic E-state index is -4.24. The Kier molecular flexibility index (Phi) is 5.57. The van der Waals surface area contributed by atoms with Gasteiger partial charge in [0.1, 0.15) is 11.6 Å². The van der Waals surface area contributed by atoms with E-state index in [1.807, 2.05) is 6.26 Å². The van der Waals surface area contributed by atoms with Crippen molar-refractivity contribution >= 4 is 27.5 Å². The molecule has 0 aromatic heterocycles. The van der Waals surface area contributed by atoms with E-state index in [-0.39, 0.29) is 11.7 Å². The van der Waals surface area contributed by atoms with E-state index in [9.17, 15) is 17.2 Å². The fraction of sp³-hybridized carbons (Fsp3) is 0.455. The van der Waals surface area contributed by atoms with E-state index in [1.54, 1.807) is 6.92 Å². The van der Waals surface area contributed by atoms with Crippen LogP contribution in [0.1, 0.15) is 13.3 Å². The molecule has 0 saturated heterocycles. The Labute approximate surface area is 115 Å². The van der Waals surface area contributed by atoms with Crippen LogP contribution < -0.4 is 10.5 Å². The molecule has 0 heterocycles. The zero-order valence-electron chi connectivity index (χ0n) is 10.6. The summed E-state index contributed by atoms with van der Waals surface area (Å²) in [5.41, 5.74) is 5.09. The van der Waals surface area contributed by atoms with Crippen molar-refractivity contribution in [2.45, 2.75) is 24.3 Å². The molecule has 0 radical (unpaired) electrons. The molecule has 1 aromatic rings. The van der Waals surface area contributed by atoms with Crippen LogP contribution in [0, 0.1) is 11.6 Å². The second-order valence-electron chi connectivity index (χ2n) is 4.00. The van der Waals surface area contributed by atoms with Gasteiger partial charge >= 0.3 is 0 Å². The minimum Gasteiger partial charge on any atom is -0.399 e. The SMILES string of the molecule is CCC(CSC)NS(=O)(=O)c1c(F)cc(N)cc1F. The summed E-state index contributed by atoms with van der Waals surface area (Å²) in [7, 11) is -4.24. The number of hydrogen-bond acceptors (Lipinski definition) is 4. The van der Waals surface area contributed by atoms with E-state index in [4.69, 9.17) is 5.73 Å². The van der Waals surface area contributed by atoms with Crippen molar-refractivity contribution in [2.24, 2.45) is 0 Å². The van der Waals surface area contributed by atoms with E-state index in [0.717, 1.165) is 12.1 Å². The van der Waals surface area contributed by atoms with Crippen LogP contribution in [0.25, 0.3) is 0 Å². The Morgan fingerprint density at radius 1 is 1.37 bits per heavy atom. The molecule has 0 spiro atoms. The second-order valence-corrected chi connectivity index (χ2v) is 6.56. The largest absolute Gasteiger partial charge is 0.399 e. The number of sulfonamides is 1. The standard InChI is InChI=1S/C11H16F2N2O2S2/c1-3-8(6-18-2)15-19(16,17)11-9(12)4-7(14)5-10(11)13/h4-5,8,15H,3,6,14H2,1-2H3. The summed E-state index contributed by atoms with van der Waals surface area (Å²) in [4.78, 5) is -0.985. The predicted molar refractivity (Wildman–Crippen MR) is 73.6 cm³/mol. The van der Waals surface area contributed by atoms with Gasteiger partial charge in [0, 0.05) is 17.5 Å². The molecule has 108 valence electrons. The molecule has 0 saturated carbocycles. The summed E-state index contributed by atoms with van der Waals surface area (Å²) in [5.74, 6) is -1.86. The molecule has 8 heteroatoms. The van der Waals surface area contributed by atoms with Crippen LogP contribution in [0.2, 0.25) is 0 Å². The van der Waals surface area contributed by atoms with Crippen LogP contribution in [0.15, 0.2) is 17.0 Å². The van der Waals surface area contributed by atoms with E-state index >= 15 is 0 Å². The van der Waals surface area contributed by atoms with Gasteiger partial charge in [-0.25, -0.2) is 21.9 Å². The van der Waals surface area contributed by atoms with E-state index in [2.05, 4.69) is 4.72 Å². The first kappa shape index (κ1) is 16.2. The molecule has 0 aliphatic heterocycles. The number of halogens is 2. The molecule has 0 fully saturated rings. The van der Waals surface area contributed by atoms with Crippen molar-refractivity contribution in [3.63, 3.8) is 0 Å². The normalized spacial score (nSPS) is 13.5. The topological polar surface area (TPSA) is 72.2 Å².